The summed E-state index contributed by atoms with van der Waals surface area (Å²) >= 11 is 3.40. The maximum Gasteiger partial charge on any atom is 0.255 e. The first kappa shape index (κ1) is 13.6. The van der Waals surface area contributed by atoms with Gasteiger partial charge in [0.25, 0.3) is 5.91 Å². The molecular formula is C15H17BrN2O2. The highest BCUT2D eigenvalue weighted by atomic mass is 79.9. The Kier molecular flexibility index (Phi) is 3.78. The minimum Gasteiger partial charge on any atom is -0.352 e. The highest BCUT2D eigenvalue weighted by Crippen LogP contribution is 2.25. The molecule has 1 heterocycles. The van der Waals surface area contributed by atoms with Gasteiger partial charge in [-0.05, 0) is 53.7 Å². The Morgan fingerprint density at radius 3 is 2.65 bits per heavy atom. The smallest absolute Gasteiger partial charge is 0.255 e. The summed E-state index contributed by atoms with van der Waals surface area (Å²) in [5.41, 5.74) is 0.624. The van der Waals surface area contributed by atoms with Crippen molar-refractivity contribution < 1.29 is 9.59 Å². The molecule has 2 aliphatic rings. The van der Waals surface area contributed by atoms with Gasteiger partial charge in [-0.2, -0.15) is 0 Å². The van der Waals surface area contributed by atoms with Crippen molar-refractivity contribution in [3.63, 3.8) is 0 Å². The van der Waals surface area contributed by atoms with Gasteiger partial charge in [-0.25, -0.2) is 0 Å². The van der Waals surface area contributed by atoms with E-state index in [2.05, 4.69) is 21.2 Å². The van der Waals surface area contributed by atoms with E-state index < -0.39 is 0 Å². The van der Waals surface area contributed by atoms with E-state index in [1.165, 1.54) is 0 Å². The zero-order valence-electron chi connectivity index (χ0n) is 11.1. The molecule has 20 heavy (non-hydrogen) atoms. The van der Waals surface area contributed by atoms with Crippen LogP contribution in [0.5, 0.6) is 0 Å². The molecule has 1 aliphatic heterocycles. The highest BCUT2D eigenvalue weighted by molar-refractivity contribution is 9.10. The van der Waals surface area contributed by atoms with Crippen molar-refractivity contribution in [2.45, 2.75) is 37.8 Å². The van der Waals surface area contributed by atoms with E-state index in [1.807, 2.05) is 18.2 Å². The lowest BCUT2D eigenvalue weighted by Gasteiger charge is -2.24. The van der Waals surface area contributed by atoms with E-state index in [1.54, 1.807) is 11.0 Å². The molecule has 4 nitrogen and oxygen atoms in total. The summed E-state index contributed by atoms with van der Waals surface area (Å²) in [5, 5.41) is 3.00. The molecule has 0 radical (unpaired) electrons. The first-order chi connectivity index (χ1) is 9.66. The molecule has 2 fully saturated rings. The van der Waals surface area contributed by atoms with Crippen LogP contribution in [-0.4, -0.2) is 35.3 Å². The molecule has 106 valence electrons. The first-order valence-corrected chi connectivity index (χ1v) is 7.82. The first-order valence-electron chi connectivity index (χ1n) is 7.02. The summed E-state index contributed by atoms with van der Waals surface area (Å²) in [6.07, 6.45) is 3.78. The number of hydrogen-bond donors (Lipinski definition) is 1. The van der Waals surface area contributed by atoms with Crippen molar-refractivity contribution in [2.75, 3.05) is 6.54 Å². The Morgan fingerprint density at radius 2 is 1.95 bits per heavy atom. The molecule has 1 atom stereocenters. The van der Waals surface area contributed by atoms with Crippen LogP contribution in [0.4, 0.5) is 0 Å². The number of rotatable bonds is 3. The second kappa shape index (κ2) is 5.56. The van der Waals surface area contributed by atoms with Crippen LogP contribution in [-0.2, 0) is 4.79 Å². The van der Waals surface area contributed by atoms with Crippen molar-refractivity contribution in [1.82, 2.24) is 10.2 Å². The van der Waals surface area contributed by atoms with Crippen molar-refractivity contribution in [3.8, 4) is 0 Å². The van der Waals surface area contributed by atoms with Crippen LogP contribution in [0.25, 0.3) is 0 Å². The number of halogens is 1. The fourth-order valence-corrected chi connectivity index (χ4v) is 3.05. The summed E-state index contributed by atoms with van der Waals surface area (Å²) in [7, 11) is 0. The molecule has 3 rings (SSSR count). The molecule has 1 aromatic carbocycles. The summed E-state index contributed by atoms with van der Waals surface area (Å²) in [5.74, 6) is -0.0590. The van der Waals surface area contributed by atoms with E-state index in [-0.39, 0.29) is 17.9 Å². The summed E-state index contributed by atoms with van der Waals surface area (Å²) in [6, 6.07) is 7.39. The van der Waals surface area contributed by atoms with E-state index in [0.29, 0.717) is 18.2 Å². The highest BCUT2D eigenvalue weighted by Gasteiger charge is 2.37. The predicted octanol–water partition coefficient (Wildman–Crippen LogP) is 2.33. The van der Waals surface area contributed by atoms with Gasteiger partial charge in [-0.15, -0.1) is 0 Å². The fourth-order valence-electron chi connectivity index (χ4n) is 2.60. The van der Waals surface area contributed by atoms with Crippen LogP contribution in [0.1, 0.15) is 36.0 Å². The monoisotopic (exact) mass is 336 g/mol. The molecule has 1 aliphatic carbocycles. The average Bonchev–Trinajstić information content (AvgIpc) is 3.11. The molecular weight excluding hydrogens is 320 g/mol. The van der Waals surface area contributed by atoms with Gasteiger partial charge in [0.15, 0.2) is 0 Å². The molecule has 1 aromatic rings. The third kappa shape index (κ3) is 2.73. The van der Waals surface area contributed by atoms with E-state index in [9.17, 15) is 9.59 Å². The van der Waals surface area contributed by atoms with Crippen LogP contribution < -0.4 is 5.32 Å². The molecule has 5 heteroatoms. The third-order valence-corrected chi connectivity index (χ3v) is 4.54. The Hall–Kier alpha value is -1.36. The molecule has 2 amide bonds. The summed E-state index contributed by atoms with van der Waals surface area (Å²) < 4.78 is 0.776. The van der Waals surface area contributed by atoms with Gasteiger partial charge < -0.3 is 10.2 Å². The molecule has 0 unspecified atom stereocenters. The molecule has 0 spiro atoms. The lowest BCUT2D eigenvalue weighted by molar-refractivity contribution is -0.125. The Bertz CT molecular complexity index is 542. The standard InChI is InChI=1S/C15H17BrN2O2/c16-12-5-2-1-4-11(12)15(20)18-9-3-6-13(18)14(19)17-10-7-8-10/h1-2,4-5,10,13H,3,6-9H2,(H,17,19)/t13-/m0/s1. The van der Waals surface area contributed by atoms with Crippen LogP contribution in [0.2, 0.25) is 0 Å². The average molecular weight is 337 g/mol. The van der Waals surface area contributed by atoms with Crippen LogP contribution in [0.15, 0.2) is 28.7 Å². The normalized spacial score (nSPS) is 21.9. The maximum absolute atomic E-state index is 12.6. The number of carbonyl (C=O) groups excluding carboxylic acids is 2. The Morgan fingerprint density at radius 1 is 1.20 bits per heavy atom. The van der Waals surface area contributed by atoms with Crippen molar-refractivity contribution in [1.29, 1.82) is 0 Å². The van der Waals surface area contributed by atoms with Crippen LogP contribution >= 0.6 is 15.9 Å². The minimum absolute atomic E-state index is 0.00500. The number of benzene rings is 1. The second-order valence-corrected chi connectivity index (χ2v) is 6.27. The lowest BCUT2D eigenvalue weighted by atomic mass is 10.1. The maximum atomic E-state index is 12.6. The second-order valence-electron chi connectivity index (χ2n) is 5.42. The van der Waals surface area contributed by atoms with Gasteiger partial charge in [-0.3, -0.25) is 9.59 Å². The lowest BCUT2D eigenvalue weighted by Crippen LogP contribution is -2.46. The summed E-state index contributed by atoms with van der Waals surface area (Å²) in [4.78, 5) is 26.5. The number of nitrogens with zero attached hydrogens (tertiary/aromatic N) is 1. The molecule has 1 saturated carbocycles. The number of likely N-dealkylation sites (tertiary alicyclic amines) is 1. The van der Waals surface area contributed by atoms with E-state index in [0.717, 1.165) is 30.2 Å². The van der Waals surface area contributed by atoms with Crippen molar-refractivity contribution in [2.24, 2.45) is 0 Å². The van der Waals surface area contributed by atoms with Gasteiger partial charge in [0.2, 0.25) is 5.91 Å². The third-order valence-electron chi connectivity index (χ3n) is 3.84. The molecule has 0 aromatic heterocycles. The van der Waals surface area contributed by atoms with Crippen LogP contribution in [0, 0.1) is 0 Å². The van der Waals surface area contributed by atoms with E-state index >= 15 is 0 Å². The predicted molar refractivity (Wildman–Crippen MR) is 79.4 cm³/mol. The van der Waals surface area contributed by atoms with Gasteiger partial charge >= 0.3 is 0 Å². The zero-order chi connectivity index (χ0) is 14.1. The van der Waals surface area contributed by atoms with Gasteiger partial charge in [0.05, 0.1) is 5.56 Å². The number of hydrogen-bond acceptors (Lipinski definition) is 2. The van der Waals surface area contributed by atoms with Gasteiger partial charge in [0.1, 0.15) is 6.04 Å². The topological polar surface area (TPSA) is 49.4 Å². The largest absolute Gasteiger partial charge is 0.352 e. The van der Waals surface area contributed by atoms with Crippen molar-refractivity contribution in [3.05, 3.63) is 34.3 Å². The minimum atomic E-state index is -0.310. The Balaban J connectivity index is 1.76. The van der Waals surface area contributed by atoms with E-state index in [4.69, 9.17) is 0 Å². The quantitative estimate of drug-likeness (QED) is 0.920. The SMILES string of the molecule is O=C(NC1CC1)[C@@H]1CCCN1C(=O)c1ccccc1Br. The molecule has 1 saturated heterocycles. The van der Waals surface area contributed by atoms with Gasteiger partial charge in [-0.1, -0.05) is 12.1 Å². The van der Waals surface area contributed by atoms with Crippen molar-refractivity contribution >= 4 is 27.7 Å². The van der Waals surface area contributed by atoms with Gasteiger partial charge in [0, 0.05) is 17.1 Å². The zero-order valence-corrected chi connectivity index (χ0v) is 12.7. The fraction of sp³-hybridized carbons (Fsp3) is 0.467. The Labute approximate surface area is 126 Å². The molecule has 0 bridgehead atoms. The number of nitrogens with one attached hydrogen (secondary N) is 1. The number of carbonyl (C=O) groups is 2. The summed E-state index contributed by atoms with van der Waals surface area (Å²) in [6.45, 7) is 0.656. The van der Waals surface area contributed by atoms with Crippen LogP contribution in [0.3, 0.4) is 0 Å². The number of amides is 2. The molecule has 1 N–H and O–H groups in total.